The molecule has 11 unspecified atom stereocenters. The van der Waals surface area contributed by atoms with Crippen LogP contribution >= 0.6 is 0 Å². The van der Waals surface area contributed by atoms with Crippen LogP contribution in [0.25, 0.3) is 0 Å². The number of hydrogen-bond donors (Lipinski definition) is 16. The van der Waals surface area contributed by atoms with Gasteiger partial charge in [0.05, 0.1) is 70.7 Å². The second-order valence-corrected chi connectivity index (χ2v) is 18.2. The first kappa shape index (κ1) is 57.8. The largest absolute Gasteiger partial charge is 0.394 e. The lowest BCUT2D eigenvalue weighted by Gasteiger charge is -2.49. The van der Waals surface area contributed by atoms with E-state index in [9.17, 15) is 81.7 Å². The fraction of sp³-hybridized carbons (Fsp3) is 1.00. The average Bonchev–Trinajstić information content (AvgIpc) is 3.32. The minimum Gasteiger partial charge on any atom is -0.394 e. The van der Waals surface area contributed by atoms with Crippen LogP contribution in [0, 0.1) is 17.8 Å². The molecule has 0 radical (unpaired) electrons. The standard InChI is InChI=1S/C41H74O27/c1-13-17(5)59-21(9-45)33(25(13)50)65-37-14(2)27(52)35(23(11-47)62-37)67-40-32(57)30(55)29(54)24(64-40)12-58-41-36(31(56)28(53)20(8-44)61-41)68-38-15(3)26(51)34(22(10-46)63-38)66-39(16(4)48)60-19(7-43)18(49)6-42/h13-57H,6-12H2,1-5H3/t13-,14+,15?,16+,17+,18-,19?,20?,21?,22+,23?,24?,25?,26?,27?,28-,29-,30?,31?,32-,33-,34-,35-,36-,37+,38+,39+,40+,41+/m1/s1. The van der Waals surface area contributed by atoms with Crippen LogP contribution in [0.4, 0.5) is 0 Å². The molecule has 5 rings (SSSR count). The summed E-state index contributed by atoms with van der Waals surface area (Å²) >= 11 is 0. The summed E-state index contributed by atoms with van der Waals surface area (Å²) in [5, 5.41) is 169. The van der Waals surface area contributed by atoms with Crippen LogP contribution in [0.1, 0.15) is 34.6 Å². The Morgan fingerprint density at radius 2 is 0.897 bits per heavy atom. The first-order valence-electron chi connectivity index (χ1n) is 22.8. The summed E-state index contributed by atoms with van der Waals surface area (Å²) < 4.78 is 64.3. The summed E-state index contributed by atoms with van der Waals surface area (Å²) in [5.74, 6) is -2.47. The van der Waals surface area contributed by atoms with Crippen LogP contribution in [0.2, 0.25) is 0 Å². The van der Waals surface area contributed by atoms with Gasteiger partial charge in [-0.25, -0.2) is 0 Å². The minimum absolute atomic E-state index is 0.407. The maximum Gasteiger partial charge on any atom is 0.187 e. The van der Waals surface area contributed by atoms with Crippen LogP contribution < -0.4 is 0 Å². The highest BCUT2D eigenvalue weighted by atomic mass is 16.8. The zero-order valence-corrected chi connectivity index (χ0v) is 38.3. The highest BCUT2D eigenvalue weighted by Gasteiger charge is 2.55. The van der Waals surface area contributed by atoms with E-state index in [0.717, 1.165) is 0 Å². The van der Waals surface area contributed by atoms with Crippen LogP contribution in [0.3, 0.4) is 0 Å². The van der Waals surface area contributed by atoms with Crippen molar-refractivity contribution in [3.05, 3.63) is 0 Å². The molecular weight excluding hydrogens is 924 g/mol. The topological polar surface area (TPSA) is 425 Å². The van der Waals surface area contributed by atoms with Gasteiger partial charge in [-0.15, -0.1) is 0 Å². The monoisotopic (exact) mass is 998 g/mol. The minimum atomic E-state index is -1.98. The Morgan fingerprint density at radius 1 is 0.441 bits per heavy atom. The number of aliphatic hydroxyl groups excluding tert-OH is 16. The molecule has 0 aromatic heterocycles. The van der Waals surface area contributed by atoms with Gasteiger partial charge in [0.15, 0.2) is 31.5 Å². The van der Waals surface area contributed by atoms with Gasteiger partial charge in [-0.2, -0.15) is 0 Å². The van der Waals surface area contributed by atoms with E-state index in [4.69, 9.17) is 52.1 Å². The molecule has 0 aliphatic carbocycles. The lowest BCUT2D eigenvalue weighted by molar-refractivity contribution is -0.381. The Morgan fingerprint density at radius 3 is 1.43 bits per heavy atom. The number of aliphatic hydroxyl groups is 16. The molecule has 400 valence electrons. The lowest BCUT2D eigenvalue weighted by atomic mass is 9.88. The maximum atomic E-state index is 11.5. The predicted molar refractivity (Wildman–Crippen MR) is 219 cm³/mol. The van der Waals surface area contributed by atoms with Crippen LogP contribution in [-0.2, 0) is 52.1 Å². The Bertz CT molecular complexity index is 1470. The van der Waals surface area contributed by atoms with Gasteiger partial charge >= 0.3 is 0 Å². The molecule has 27 heteroatoms. The Labute approximate surface area is 391 Å². The van der Waals surface area contributed by atoms with Gasteiger partial charge in [-0.1, -0.05) is 20.8 Å². The predicted octanol–water partition coefficient (Wildman–Crippen LogP) is -8.57. The van der Waals surface area contributed by atoms with Crippen molar-refractivity contribution in [1.29, 1.82) is 0 Å². The Kier molecular flexibility index (Phi) is 21.9. The van der Waals surface area contributed by atoms with Crippen molar-refractivity contribution in [1.82, 2.24) is 0 Å². The first-order chi connectivity index (χ1) is 32.2. The molecule has 5 aliphatic rings. The second-order valence-electron chi connectivity index (χ2n) is 18.2. The van der Waals surface area contributed by atoms with Gasteiger partial charge in [0.1, 0.15) is 104 Å². The zero-order chi connectivity index (χ0) is 50.5. The number of ether oxygens (including phenoxy) is 11. The highest BCUT2D eigenvalue weighted by Crippen LogP contribution is 2.38. The fourth-order valence-electron chi connectivity index (χ4n) is 8.75. The molecule has 5 fully saturated rings. The van der Waals surface area contributed by atoms with Gasteiger partial charge in [0.25, 0.3) is 0 Å². The third kappa shape index (κ3) is 12.8. The molecule has 68 heavy (non-hydrogen) atoms. The molecule has 0 aromatic rings. The van der Waals surface area contributed by atoms with Gasteiger partial charge in [-0.05, 0) is 13.8 Å². The van der Waals surface area contributed by atoms with Crippen molar-refractivity contribution in [2.45, 2.75) is 194 Å². The van der Waals surface area contributed by atoms with E-state index < -0.39 is 224 Å². The van der Waals surface area contributed by atoms with Gasteiger partial charge in [0.2, 0.25) is 0 Å². The van der Waals surface area contributed by atoms with Crippen LogP contribution in [0.5, 0.6) is 0 Å². The highest BCUT2D eigenvalue weighted by molar-refractivity contribution is 4.97. The van der Waals surface area contributed by atoms with E-state index in [2.05, 4.69) is 0 Å². The van der Waals surface area contributed by atoms with Crippen LogP contribution in [0.15, 0.2) is 0 Å². The SMILES string of the molecule is CC1C(O)[C@H](O[C@H](OC(CO)[C@H](O)CO)[C@H](C)O)[C@H](CO)O[C@H]1O[C@@H]1C(O)[C@H](O)C(CO)O[C@@H]1OCC1O[C@@H](O[C@@H]2C(CO)O[C@@H](O[C@@H]3C(CO)O[C@@H](C)[C@@H](C)C3O)[C@@H](C)C2O)[C@H](O)C(O)[C@@H]1O. The summed E-state index contributed by atoms with van der Waals surface area (Å²) in [7, 11) is 0. The van der Waals surface area contributed by atoms with Crippen molar-refractivity contribution in [2.24, 2.45) is 17.8 Å². The van der Waals surface area contributed by atoms with Crippen molar-refractivity contribution in [3.63, 3.8) is 0 Å². The Hall–Kier alpha value is -1.08. The fourth-order valence-corrected chi connectivity index (χ4v) is 8.75. The molecule has 5 aliphatic heterocycles. The molecule has 0 bridgehead atoms. The van der Waals surface area contributed by atoms with Gasteiger partial charge < -0.3 is 134 Å². The van der Waals surface area contributed by atoms with Crippen molar-refractivity contribution in [2.75, 3.05) is 46.2 Å². The van der Waals surface area contributed by atoms with E-state index in [1.54, 1.807) is 13.8 Å². The summed E-state index contributed by atoms with van der Waals surface area (Å²) in [6.45, 7) is 2.31. The summed E-state index contributed by atoms with van der Waals surface area (Å²) in [4.78, 5) is 0. The first-order valence-corrected chi connectivity index (χ1v) is 22.8. The lowest BCUT2D eigenvalue weighted by Crippen LogP contribution is -2.65. The van der Waals surface area contributed by atoms with E-state index >= 15 is 0 Å². The molecule has 27 nitrogen and oxygen atoms in total. The quantitative estimate of drug-likeness (QED) is 0.0475. The summed E-state index contributed by atoms with van der Waals surface area (Å²) in [6, 6.07) is 0. The third-order valence-electron chi connectivity index (χ3n) is 13.5. The van der Waals surface area contributed by atoms with E-state index in [0.29, 0.717) is 0 Å². The number of rotatable bonds is 21. The van der Waals surface area contributed by atoms with Crippen molar-refractivity contribution >= 4 is 0 Å². The second kappa shape index (κ2) is 25.7. The van der Waals surface area contributed by atoms with Gasteiger partial charge in [-0.3, -0.25) is 0 Å². The molecule has 5 heterocycles. The van der Waals surface area contributed by atoms with Gasteiger partial charge in [0, 0.05) is 17.8 Å². The average molecular weight is 999 g/mol. The smallest absolute Gasteiger partial charge is 0.187 e. The molecule has 0 amide bonds. The molecule has 16 N–H and O–H groups in total. The van der Waals surface area contributed by atoms with Crippen LogP contribution in [-0.4, -0.2) is 288 Å². The summed E-state index contributed by atoms with van der Waals surface area (Å²) in [5.41, 5.74) is 0. The molecular formula is C41H74O27. The maximum absolute atomic E-state index is 11.5. The summed E-state index contributed by atoms with van der Waals surface area (Å²) in [6.07, 6.45) is -39.3. The van der Waals surface area contributed by atoms with E-state index in [1.165, 1.54) is 20.8 Å². The van der Waals surface area contributed by atoms with Crippen molar-refractivity contribution in [3.8, 4) is 0 Å². The van der Waals surface area contributed by atoms with Crippen molar-refractivity contribution < 1.29 is 134 Å². The zero-order valence-electron chi connectivity index (χ0n) is 38.3. The molecule has 0 spiro atoms. The molecule has 0 saturated carbocycles. The molecule has 0 aromatic carbocycles. The number of hydrogen-bond acceptors (Lipinski definition) is 27. The molecule has 29 atom stereocenters. The third-order valence-corrected chi connectivity index (χ3v) is 13.5. The normalized spacial score (nSPS) is 47.9. The Balaban J connectivity index is 1.27. The molecule has 5 saturated heterocycles. The van der Waals surface area contributed by atoms with E-state index in [-0.39, 0.29) is 0 Å². The van der Waals surface area contributed by atoms with E-state index in [1.807, 2.05) is 0 Å².